The summed E-state index contributed by atoms with van der Waals surface area (Å²) in [6.45, 7) is 3.46. The van der Waals surface area contributed by atoms with Crippen LogP contribution in [0.25, 0.3) is 0 Å². The maximum absolute atomic E-state index is 14.1. The number of primary amides is 3. The molecule has 0 radical (unpaired) electrons. The Hall–Kier alpha value is -9.00. The number of nitrogens with zero attached hydrogens (tertiary/aromatic N) is 2. The zero-order valence-corrected chi connectivity index (χ0v) is 48.4. The zero-order valence-electron chi connectivity index (χ0n) is 48.4. The molecular weight excluding hydrogens is 1140 g/mol. The molecule has 12 amide bonds. The Morgan fingerprint density at radius 2 is 0.802 bits per heavy atom. The highest BCUT2D eigenvalue weighted by molar-refractivity contribution is 5.99. The summed E-state index contributed by atoms with van der Waals surface area (Å²) >= 11 is 0. The molecule has 30 N–H and O–H groups in total. The van der Waals surface area contributed by atoms with Crippen molar-refractivity contribution in [2.45, 2.75) is 178 Å². The molecule has 0 aliphatic rings. The van der Waals surface area contributed by atoms with Crippen LogP contribution in [-0.4, -0.2) is 197 Å². The van der Waals surface area contributed by atoms with Crippen molar-refractivity contribution in [2.24, 2.45) is 67.5 Å². The van der Waals surface area contributed by atoms with Crippen LogP contribution < -0.4 is 99.5 Å². The molecule has 0 aliphatic heterocycles. The lowest BCUT2D eigenvalue weighted by Crippen LogP contribution is -2.61. The first kappa shape index (κ1) is 77.0. The number of carbonyl (C=O) groups is 14. The minimum absolute atomic E-state index is 0.0487. The zero-order chi connectivity index (χ0) is 65.8. The Morgan fingerprint density at radius 3 is 1.19 bits per heavy atom. The fourth-order valence-electron chi connectivity index (χ4n) is 7.69. The number of nitrogens with two attached hydrogens (primary N) is 9. The molecule has 37 nitrogen and oxygen atoms in total. The molecule has 0 bridgehead atoms. The molecule has 0 aromatic heterocycles. The largest absolute Gasteiger partial charge is 0.481 e. The highest BCUT2D eigenvalue weighted by Crippen LogP contribution is 2.12. The van der Waals surface area contributed by atoms with Gasteiger partial charge in [-0.1, -0.05) is 26.7 Å². The van der Waals surface area contributed by atoms with E-state index in [2.05, 4.69) is 57.8 Å². The van der Waals surface area contributed by atoms with E-state index in [0.29, 0.717) is 25.8 Å². The fourth-order valence-corrected chi connectivity index (χ4v) is 7.69. The van der Waals surface area contributed by atoms with E-state index in [9.17, 15) is 82.4 Å². The number of rotatable bonds is 45. The highest BCUT2D eigenvalue weighted by Gasteiger charge is 2.36. The van der Waals surface area contributed by atoms with E-state index in [0.717, 1.165) is 0 Å². The number of hydrogen-bond acceptors (Lipinski definition) is 19. The van der Waals surface area contributed by atoms with Gasteiger partial charge in [-0.15, -0.1) is 0 Å². The predicted molar refractivity (Wildman–Crippen MR) is 305 cm³/mol. The molecule has 37 heteroatoms. The molecule has 0 aromatic carbocycles. The Bertz CT molecular complexity index is 2410. The van der Waals surface area contributed by atoms with Gasteiger partial charge < -0.3 is 115 Å². The van der Waals surface area contributed by atoms with Crippen molar-refractivity contribution in [1.82, 2.24) is 47.9 Å². The number of carbonyl (C=O) groups excluding carboxylic acids is 12. The van der Waals surface area contributed by atoms with Crippen LogP contribution in [0.1, 0.15) is 117 Å². The average Bonchev–Trinajstić information content (AvgIpc) is 3.50. The summed E-state index contributed by atoms with van der Waals surface area (Å²) in [7, 11) is 0. The summed E-state index contributed by atoms with van der Waals surface area (Å²) in [5.74, 6) is -17.2. The molecular formula is C49H88N20O17. The average molecular weight is 1230 g/mol. The first-order chi connectivity index (χ1) is 40.3. The third-order valence-corrected chi connectivity index (χ3v) is 12.7. The lowest BCUT2D eigenvalue weighted by Gasteiger charge is -2.28. The lowest BCUT2D eigenvalue weighted by atomic mass is 9.98. The first-order valence-corrected chi connectivity index (χ1v) is 27.5. The molecule has 0 saturated carbocycles. The van der Waals surface area contributed by atoms with Gasteiger partial charge in [-0.25, -0.2) is 4.79 Å². The van der Waals surface area contributed by atoms with E-state index >= 15 is 0 Å². The molecule has 0 fully saturated rings. The number of aliphatic carboxylic acids is 2. The normalized spacial score (nSPS) is 14.7. The summed E-state index contributed by atoms with van der Waals surface area (Å²) < 4.78 is 0. The molecule has 0 saturated heterocycles. The van der Waals surface area contributed by atoms with Crippen LogP contribution in [0.3, 0.4) is 0 Å². The van der Waals surface area contributed by atoms with Gasteiger partial charge in [0.2, 0.25) is 70.9 Å². The third kappa shape index (κ3) is 32.2. The Labute approximate surface area is 495 Å². The SMILES string of the molecule is CC[C@H](C)[C@H](NC(=O)[C@H](CCC(N)=O)NC(=O)[C@H](CO)NC(=O)[C@H](CCCN=C(N)N)NC(=O)[C@H](CCC(=O)O)NC(=O)[C@H](CCC(N)=O)NC(=O)[C@H](CC(N)=O)NC(=O)[C@H](C)NC(=O)[C@H](CCCN=C(N)N)NC(=O)[C@@H](N)CCCCN)C(=O)O. The van der Waals surface area contributed by atoms with Gasteiger partial charge in [-0.05, 0) is 77.2 Å². The van der Waals surface area contributed by atoms with Crippen molar-refractivity contribution in [2.75, 3.05) is 26.2 Å². The minimum Gasteiger partial charge on any atom is -0.481 e. The van der Waals surface area contributed by atoms with Crippen LogP contribution in [0.2, 0.25) is 0 Å². The molecule has 0 spiro atoms. The van der Waals surface area contributed by atoms with Gasteiger partial charge in [0.25, 0.3) is 0 Å². The number of aliphatic imine (C=N–C) groups is 2. The van der Waals surface area contributed by atoms with E-state index in [1.54, 1.807) is 6.92 Å². The summed E-state index contributed by atoms with van der Waals surface area (Å²) in [5, 5.41) is 50.2. The highest BCUT2D eigenvalue weighted by atomic mass is 16.4. The quantitative estimate of drug-likeness (QED) is 0.0153. The first-order valence-electron chi connectivity index (χ1n) is 27.5. The topological polar surface area (TPSA) is 667 Å². The van der Waals surface area contributed by atoms with E-state index in [4.69, 9.17) is 51.6 Å². The van der Waals surface area contributed by atoms with Gasteiger partial charge in [0.15, 0.2) is 11.9 Å². The number of carboxylic acids is 2. The Balaban J connectivity index is 6.88. The summed E-state index contributed by atoms with van der Waals surface area (Å²) in [6, 6.07) is -16.2. The summed E-state index contributed by atoms with van der Waals surface area (Å²) in [5.41, 5.74) is 49.2. The van der Waals surface area contributed by atoms with Crippen LogP contribution in [0.5, 0.6) is 0 Å². The molecule has 486 valence electrons. The maximum atomic E-state index is 14.1. The minimum atomic E-state index is -1.91. The van der Waals surface area contributed by atoms with Crippen LogP contribution in [0, 0.1) is 5.92 Å². The smallest absolute Gasteiger partial charge is 0.326 e. The number of nitrogens with one attached hydrogen (secondary N) is 9. The van der Waals surface area contributed by atoms with Gasteiger partial charge in [0.05, 0.1) is 19.1 Å². The number of aliphatic hydroxyl groups is 1. The van der Waals surface area contributed by atoms with Crippen molar-refractivity contribution >= 4 is 94.7 Å². The second-order valence-corrected chi connectivity index (χ2v) is 20.0. The van der Waals surface area contributed by atoms with Crippen LogP contribution in [-0.2, 0) is 67.1 Å². The number of amides is 12. The number of unbranched alkanes of at least 4 members (excludes halogenated alkanes) is 1. The number of guanidine groups is 2. The Kier molecular flexibility index (Phi) is 36.8. The number of aliphatic hydroxyl groups excluding tert-OH is 1. The van der Waals surface area contributed by atoms with Crippen molar-refractivity contribution in [3.05, 3.63) is 0 Å². The summed E-state index contributed by atoms with van der Waals surface area (Å²) in [4.78, 5) is 190. The predicted octanol–water partition coefficient (Wildman–Crippen LogP) is -9.67. The van der Waals surface area contributed by atoms with Crippen LogP contribution in [0.15, 0.2) is 9.98 Å². The lowest BCUT2D eigenvalue weighted by molar-refractivity contribution is -0.144. The van der Waals surface area contributed by atoms with Gasteiger partial charge in [-0.2, -0.15) is 0 Å². The number of carboxylic acid groups (broad SMARTS) is 2. The standard InChI is InChI=1S/C49H88N20O17/c1-4-23(2)37(47(85)86)69-44(82)29(13-16-34(53)72)66-46(84)32(22-70)68-41(79)27(11-8-20-60-49(57)58)63-43(81)30(14-17-36(74)75)64-42(80)28(12-15-33(52)71)65-45(83)31(21-35(54)73)67-38(76)24(3)61-40(78)26(10-7-19-59-48(55)56)62-39(77)25(51)9-5-6-18-50/h23-32,37,70H,4-22,50-51H2,1-3H3,(H2,52,71)(H2,53,72)(H2,54,73)(H,61,78)(H,62,77)(H,63,81)(H,64,80)(H,65,83)(H,66,84)(H,67,76)(H,68,79)(H,69,82)(H,74,75)(H,85,86)(H4,55,56,59)(H4,57,58,60)/t23-,24-,25-,26-,27-,28-,29-,30-,31-,32-,37-/m0/s1. The van der Waals surface area contributed by atoms with Gasteiger partial charge in [-0.3, -0.25) is 72.3 Å². The van der Waals surface area contributed by atoms with Gasteiger partial charge in [0.1, 0.15) is 54.4 Å². The third-order valence-electron chi connectivity index (χ3n) is 12.7. The molecule has 0 aliphatic carbocycles. The number of hydrogen-bond donors (Lipinski definition) is 21. The molecule has 0 unspecified atom stereocenters. The van der Waals surface area contributed by atoms with Crippen molar-refractivity contribution in [3.8, 4) is 0 Å². The second kappa shape index (κ2) is 41.1. The van der Waals surface area contributed by atoms with Gasteiger partial charge in [0, 0.05) is 32.4 Å². The summed E-state index contributed by atoms with van der Waals surface area (Å²) in [6.07, 6.45) is -3.37. The van der Waals surface area contributed by atoms with Crippen molar-refractivity contribution in [3.63, 3.8) is 0 Å². The molecule has 0 heterocycles. The fraction of sp³-hybridized carbons (Fsp3) is 0.673. The van der Waals surface area contributed by atoms with E-state index in [1.807, 2.05) is 0 Å². The molecule has 86 heavy (non-hydrogen) atoms. The van der Waals surface area contributed by atoms with Crippen molar-refractivity contribution < 1.29 is 82.4 Å². The van der Waals surface area contributed by atoms with Crippen LogP contribution in [0.4, 0.5) is 0 Å². The Morgan fingerprint density at radius 1 is 0.430 bits per heavy atom. The molecule has 0 aromatic rings. The van der Waals surface area contributed by atoms with E-state index in [1.165, 1.54) is 13.8 Å². The monoisotopic (exact) mass is 1230 g/mol. The van der Waals surface area contributed by atoms with E-state index in [-0.39, 0.29) is 57.1 Å². The second-order valence-electron chi connectivity index (χ2n) is 20.0. The van der Waals surface area contributed by atoms with E-state index < -0.39 is 201 Å². The molecule has 11 atom stereocenters. The van der Waals surface area contributed by atoms with Crippen molar-refractivity contribution in [1.29, 1.82) is 0 Å². The molecule has 0 rings (SSSR count). The van der Waals surface area contributed by atoms with Crippen LogP contribution >= 0.6 is 0 Å². The maximum Gasteiger partial charge on any atom is 0.326 e. The van der Waals surface area contributed by atoms with Gasteiger partial charge >= 0.3 is 11.9 Å².